The summed E-state index contributed by atoms with van der Waals surface area (Å²) in [5, 5.41) is 0.763. The summed E-state index contributed by atoms with van der Waals surface area (Å²) in [7, 11) is 0. The maximum Gasteiger partial charge on any atom is 0.409 e. The first-order valence-electron chi connectivity index (χ1n) is 10.9. The van der Waals surface area contributed by atoms with E-state index in [0.29, 0.717) is 34.6 Å². The van der Waals surface area contributed by atoms with Crippen LogP contribution in [0, 0.1) is 0 Å². The van der Waals surface area contributed by atoms with Gasteiger partial charge in [0.1, 0.15) is 24.0 Å². The van der Waals surface area contributed by atoms with E-state index < -0.39 is 12.2 Å². The Hall–Kier alpha value is -3.85. The van der Waals surface area contributed by atoms with E-state index in [4.69, 9.17) is 19.6 Å². The standard InChI is InChI=1S/C26H23F3N2O4/c1-2-33-23(32)14-18-5-3-4-6-22(18)35-15-16-11-19-8-10-34-24(19)20(12-16)17-7-9-31-21(13-17)25(30)26(27,28)29/h3-13,25H,2,14-15,30H2,1H3/t25-/m0/s1. The van der Waals surface area contributed by atoms with E-state index in [1.54, 1.807) is 43.3 Å². The zero-order valence-electron chi connectivity index (χ0n) is 18.8. The van der Waals surface area contributed by atoms with Crippen molar-refractivity contribution in [1.29, 1.82) is 0 Å². The van der Waals surface area contributed by atoms with E-state index in [9.17, 15) is 18.0 Å². The lowest BCUT2D eigenvalue weighted by atomic mass is 9.99. The molecule has 2 N–H and O–H groups in total. The highest BCUT2D eigenvalue weighted by molar-refractivity contribution is 5.93. The first-order chi connectivity index (χ1) is 16.8. The number of carbonyl (C=O) groups is 1. The number of esters is 1. The zero-order chi connectivity index (χ0) is 25.0. The molecule has 0 bridgehead atoms. The van der Waals surface area contributed by atoms with Gasteiger partial charge in [-0.1, -0.05) is 18.2 Å². The molecule has 0 amide bonds. The molecule has 0 aliphatic rings. The van der Waals surface area contributed by atoms with Crippen molar-refractivity contribution in [3.63, 3.8) is 0 Å². The molecule has 2 heterocycles. The topological polar surface area (TPSA) is 87.6 Å². The SMILES string of the molecule is CCOC(=O)Cc1ccccc1OCc1cc(-c2ccnc([C@H](N)C(F)(F)F)c2)c2occc2c1. The van der Waals surface area contributed by atoms with Crippen LogP contribution in [0.2, 0.25) is 0 Å². The van der Waals surface area contributed by atoms with Gasteiger partial charge in [0.15, 0.2) is 0 Å². The summed E-state index contributed by atoms with van der Waals surface area (Å²) >= 11 is 0. The molecule has 2 aromatic heterocycles. The summed E-state index contributed by atoms with van der Waals surface area (Å²) in [6.07, 6.45) is -1.73. The molecular weight excluding hydrogens is 461 g/mol. The predicted molar refractivity (Wildman–Crippen MR) is 124 cm³/mol. The fraction of sp³-hybridized carbons (Fsp3) is 0.231. The van der Waals surface area contributed by atoms with Gasteiger partial charge in [0.25, 0.3) is 0 Å². The molecule has 0 saturated heterocycles. The van der Waals surface area contributed by atoms with Crippen molar-refractivity contribution < 1.29 is 31.9 Å². The van der Waals surface area contributed by atoms with E-state index in [0.717, 1.165) is 10.9 Å². The number of alkyl halides is 3. The fourth-order valence-electron chi connectivity index (χ4n) is 3.71. The number of benzene rings is 2. The van der Waals surface area contributed by atoms with Gasteiger partial charge in [-0.3, -0.25) is 9.78 Å². The average molecular weight is 484 g/mol. The average Bonchev–Trinajstić information content (AvgIpc) is 3.31. The Morgan fingerprint density at radius 1 is 1.14 bits per heavy atom. The van der Waals surface area contributed by atoms with Crippen molar-refractivity contribution in [3.05, 3.63) is 83.9 Å². The van der Waals surface area contributed by atoms with E-state index >= 15 is 0 Å². The molecule has 0 radical (unpaired) electrons. The van der Waals surface area contributed by atoms with Crippen molar-refractivity contribution >= 4 is 16.9 Å². The lowest BCUT2D eigenvalue weighted by Gasteiger charge is -2.16. The summed E-state index contributed by atoms with van der Waals surface area (Å²) in [6, 6.07) is 13.3. The lowest BCUT2D eigenvalue weighted by Crippen LogP contribution is -2.29. The van der Waals surface area contributed by atoms with Gasteiger partial charge in [-0.2, -0.15) is 13.2 Å². The van der Waals surface area contributed by atoms with Gasteiger partial charge in [0.2, 0.25) is 0 Å². The number of hydrogen-bond acceptors (Lipinski definition) is 6. The van der Waals surface area contributed by atoms with Crippen molar-refractivity contribution in [2.75, 3.05) is 6.61 Å². The minimum absolute atomic E-state index is 0.0787. The van der Waals surface area contributed by atoms with Crippen LogP contribution in [0.25, 0.3) is 22.1 Å². The van der Waals surface area contributed by atoms with Crippen molar-refractivity contribution in [2.45, 2.75) is 32.2 Å². The Labute approximate surface area is 199 Å². The van der Waals surface area contributed by atoms with Crippen LogP contribution in [-0.2, 0) is 22.6 Å². The minimum atomic E-state index is -4.61. The minimum Gasteiger partial charge on any atom is -0.489 e. The summed E-state index contributed by atoms with van der Waals surface area (Å²) < 4.78 is 56.0. The first-order valence-corrected chi connectivity index (χ1v) is 10.9. The van der Waals surface area contributed by atoms with Gasteiger partial charge < -0.3 is 19.6 Å². The molecule has 0 aliphatic heterocycles. The number of aromatic nitrogens is 1. The molecule has 35 heavy (non-hydrogen) atoms. The van der Waals surface area contributed by atoms with Crippen molar-refractivity contribution in [3.8, 4) is 16.9 Å². The Morgan fingerprint density at radius 2 is 1.94 bits per heavy atom. The molecule has 0 unspecified atom stereocenters. The predicted octanol–water partition coefficient (Wildman–Crippen LogP) is 5.74. The number of nitrogens with zero attached hydrogens (tertiary/aromatic N) is 1. The largest absolute Gasteiger partial charge is 0.489 e. The first kappa shape index (κ1) is 24.3. The maximum atomic E-state index is 13.1. The molecule has 0 fully saturated rings. The number of nitrogens with two attached hydrogens (primary N) is 1. The number of para-hydroxylation sites is 1. The van der Waals surface area contributed by atoms with E-state index in [1.807, 2.05) is 12.1 Å². The van der Waals surface area contributed by atoms with Crippen LogP contribution in [0.15, 0.2) is 71.5 Å². The summed E-state index contributed by atoms with van der Waals surface area (Å²) in [5.41, 5.74) is 8.12. The highest BCUT2D eigenvalue weighted by atomic mass is 19.4. The van der Waals surface area contributed by atoms with Crippen molar-refractivity contribution in [1.82, 2.24) is 4.98 Å². The van der Waals surface area contributed by atoms with Crippen LogP contribution >= 0.6 is 0 Å². The molecular formula is C26H23F3N2O4. The van der Waals surface area contributed by atoms with Crippen LogP contribution in [0.4, 0.5) is 13.2 Å². The Morgan fingerprint density at radius 3 is 2.71 bits per heavy atom. The Bertz CT molecular complexity index is 1330. The molecule has 2 aromatic carbocycles. The second kappa shape index (κ2) is 10.2. The van der Waals surface area contributed by atoms with Crippen molar-refractivity contribution in [2.24, 2.45) is 5.73 Å². The second-order valence-electron chi connectivity index (χ2n) is 7.85. The zero-order valence-corrected chi connectivity index (χ0v) is 18.8. The third kappa shape index (κ3) is 5.63. The molecule has 6 nitrogen and oxygen atoms in total. The Balaban J connectivity index is 1.63. The normalized spacial score (nSPS) is 12.5. The monoisotopic (exact) mass is 484 g/mol. The highest BCUT2D eigenvalue weighted by Crippen LogP contribution is 2.35. The molecule has 4 aromatic rings. The third-order valence-electron chi connectivity index (χ3n) is 5.38. The number of ether oxygens (including phenoxy) is 2. The number of carbonyl (C=O) groups excluding carboxylic acids is 1. The maximum absolute atomic E-state index is 13.1. The van der Waals surface area contributed by atoms with Gasteiger partial charge in [0.05, 0.1) is 25.0 Å². The number of rotatable bonds is 8. The summed E-state index contributed by atoms with van der Waals surface area (Å²) in [6.45, 7) is 2.19. The lowest BCUT2D eigenvalue weighted by molar-refractivity contribution is -0.150. The summed E-state index contributed by atoms with van der Waals surface area (Å²) in [4.78, 5) is 15.7. The smallest absolute Gasteiger partial charge is 0.409 e. The number of halogens is 3. The summed E-state index contributed by atoms with van der Waals surface area (Å²) in [5.74, 6) is 0.188. The van der Waals surface area contributed by atoms with Crippen LogP contribution in [-0.4, -0.2) is 23.7 Å². The molecule has 0 spiro atoms. The molecule has 182 valence electrons. The van der Waals surface area contributed by atoms with Crippen LogP contribution in [0.3, 0.4) is 0 Å². The molecule has 0 saturated carbocycles. The van der Waals surface area contributed by atoms with Crippen LogP contribution in [0.5, 0.6) is 5.75 Å². The van der Waals surface area contributed by atoms with Crippen LogP contribution in [0.1, 0.15) is 29.8 Å². The molecule has 4 rings (SSSR count). The fourth-order valence-corrected chi connectivity index (χ4v) is 3.71. The molecule has 9 heteroatoms. The quantitative estimate of drug-likeness (QED) is 0.321. The van der Waals surface area contributed by atoms with E-state index in [-0.39, 0.29) is 24.7 Å². The van der Waals surface area contributed by atoms with E-state index in [2.05, 4.69) is 4.98 Å². The van der Waals surface area contributed by atoms with Gasteiger partial charge >= 0.3 is 12.1 Å². The second-order valence-corrected chi connectivity index (χ2v) is 7.85. The van der Waals surface area contributed by atoms with Gasteiger partial charge in [0, 0.05) is 22.7 Å². The van der Waals surface area contributed by atoms with Crippen LogP contribution < -0.4 is 10.5 Å². The van der Waals surface area contributed by atoms with Gasteiger partial charge in [-0.05, 0) is 54.4 Å². The van der Waals surface area contributed by atoms with Gasteiger partial charge in [-0.15, -0.1) is 0 Å². The number of furan rings is 1. The number of pyridine rings is 1. The van der Waals surface area contributed by atoms with E-state index in [1.165, 1.54) is 18.5 Å². The number of hydrogen-bond donors (Lipinski definition) is 1. The third-order valence-corrected chi connectivity index (χ3v) is 5.38. The molecule has 1 atom stereocenters. The highest BCUT2D eigenvalue weighted by Gasteiger charge is 2.39. The Kier molecular flexibility index (Phi) is 7.07. The van der Waals surface area contributed by atoms with Gasteiger partial charge in [-0.25, -0.2) is 0 Å². The molecule has 0 aliphatic carbocycles. The number of fused-ring (bicyclic) bond motifs is 1.